The lowest BCUT2D eigenvalue weighted by molar-refractivity contribution is 0.249. The number of rotatable bonds is 2. The monoisotopic (exact) mass is 179 g/mol. The minimum absolute atomic E-state index is 0.488. The predicted molar refractivity (Wildman–Crippen MR) is 50.1 cm³/mol. The number of carbonyl (C=O) groups is 1. The molecule has 0 radical (unpaired) electrons. The second-order valence-electron chi connectivity index (χ2n) is 3.70. The van der Waals surface area contributed by atoms with Crippen LogP contribution >= 0.6 is 0 Å². The SMILES string of the molecule is NC(=O)N/N=C\[C@@H]1C[C@H]2C=C[C@H]1C2. The van der Waals surface area contributed by atoms with E-state index in [4.69, 9.17) is 5.73 Å². The van der Waals surface area contributed by atoms with Gasteiger partial charge in [0.05, 0.1) is 0 Å². The number of hydrazone groups is 1. The number of nitrogens with zero attached hydrogens (tertiary/aromatic N) is 1. The molecule has 3 N–H and O–H groups in total. The molecule has 0 aliphatic heterocycles. The van der Waals surface area contributed by atoms with E-state index < -0.39 is 6.03 Å². The van der Waals surface area contributed by atoms with Crippen LogP contribution in [0.1, 0.15) is 12.8 Å². The molecule has 3 atom stereocenters. The fraction of sp³-hybridized carbons (Fsp3) is 0.556. The number of fused-ring (bicyclic) bond motifs is 2. The Morgan fingerprint density at radius 2 is 2.38 bits per heavy atom. The quantitative estimate of drug-likeness (QED) is 0.368. The van der Waals surface area contributed by atoms with Crippen LogP contribution in [-0.2, 0) is 0 Å². The van der Waals surface area contributed by atoms with Crippen molar-refractivity contribution in [3.8, 4) is 0 Å². The standard InChI is InChI=1S/C9H13N3O/c10-9(13)12-11-5-8-4-6-1-2-7(8)3-6/h1-2,5-8H,3-4H2,(H3,10,12,13)/b11-5-/t6-,7-,8-/m0/s1. The lowest BCUT2D eigenvalue weighted by Crippen LogP contribution is -2.25. The number of hydrogen-bond acceptors (Lipinski definition) is 2. The highest BCUT2D eigenvalue weighted by molar-refractivity contribution is 5.73. The van der Waals surface area contributed by atoms with Gasteiger partial charge < -0.3 is 5.73 Å². The molecule has 0 spiro atoms. The number of nitrogens with one attached hydrogen (secondary N) is 1. The maximum atomic E-state index is 10.3. The molecule has 0 aromatic carbocycles. The number of amides is 2. The van der Waals surface area contributed by atoms with Gasteiger partial charge in [0.1, 0.15) is 0 Å². The molecule has 2 rings (SSSR count). The lowest BCUT2D eigenvalue weighted by atomic mass is 9.95. The van der Waals surface area contributed by atoms with Crippen molar-refractivity contribution in [2.45, 2.75) is 12.8 Å². The highest BCUT2D eigenvalue weighted by Crippen LogP contribution is 2.42. The predicted octanol–water partition coefficient (Wildman–Crippen LogP) is 0.853. The molecule has 2 aliphatic rings. The molecule has 2 amide bonds. The number of primary amides is 1. The van der Waals surface area contributed by atoms with Gasteiger partial charge in [0.25, 0.3) is 0 Å². The van der Waals surface area contributed by atoms with E-state index in [9.17, 15) is 4.79 Å². The van der Waals surface area contributed by atoms with E-state index in [1.807, 2.05) is 0 Å². The Balaban J connectivity index is 1.86. The van der Waals surface area contributed by atoms with Gasteiger partial charge in [0.2, 0.25) is 0 Å². The fourth-order valence-electron chi connectivity index (χ4n) is 2.19. The smallest absolute Gasteiger partial charge is 0.332 e. The normalized spacial score (nSPS) is 35.8. The zero-order valence-corrected chi connectivity index (χ0v) is 7.31. The van der Waals surface area contributed by atoms with Crippen molar-refractivity contribution in [1.29, 1.82) is 0 Å². The van der Waals surface area contributed by atoms with Crippen LogP contribution in [0.4, 0.5) is 4.79 Å². The topological polar surface area (TPSA) is 67.5 Å². The minimum atomic E-state index is -0.602. The van der Waals surface area contributed by atoms with Crippen molar-refractivity contribution in [2.24, 2.45) is 28.6 Å². The molecule has 1 saturated carbocycles. The van der Waals surface area contributed by atoms with E-state index in [1.165, 1.54) is 6.42 Å². The van der Waals surface area contributed by atoms with Crippen LogP contribution in [0, 0.1) is 17.8 Å². The molecule has 4 nitrogen and oxygen atoms in total. The summed E-state index contributed by atoms with van der Waals surface area (Å²) in [6.07, 6.45) is 8.73. The van der Waals surface area contributed by atoms with Gasteiger partial charge in [-0.2, -0.15) is 5.10 Å². The number of urea groups is 1. The Kier molecular flexibility index (Phi) is 2.04. The fourth-order valence-corrected chi connectivity index (χ4v) is 2.19. The van der Waals surface area contributed by atoms with Crippen LogP contribution in [-0.4, -0.2) is 12.2 Å². The van der Waals surface area contributed by atoms with Crippen molar-refractivity contribution in [2.75, 3.05) is 0 Å². The summed E-state index contributed by atoms with van der Waals surface area (Å²) in [6, 6.07) is -0.602. The first-order valence-corrected chi connectivity index (χ1v) is 4.52. The van der Waals surface area contributed by atoms with Crippen LogP contribution < -0.4 is 11.2 Å². The molecule has 4 heteroatoms. The summed E-state index contributed by atoms with van der Waals surface area (Å²) in [4.78, 5) is 10.3. The van der Waals surface area contributed by atoms with Crippen molar-refractivity contribution < 1.29 is 4.79 Å². The number of hydrogen-bond donors (Lipinski definition) is 2. The maximum Gasteiger partial charge on any atom is 0.332 e. The summed E-state index contributed by atoms with van der Waals surface area (Å²) < 4.78 is 0. The molecule has 0 saturated heterocycles. The molecule has 0 heterocycles. The Bertz CT molecular complexity index is 272. The number of carbonyl (C=O) groups excluding carboxylic acids is 1. The third-order valence-electron chi connectivity index (χ3n) is 2.77. The summed E-state index contributed by atoms with van der Waals surface area (Å²) in [6.45, 7) is 0. The maximum absolute atomic E-state index is 10.3. The minimum Gasteiger partial charge on any atom is -0.350 e. The van der Waals surface area contributed by atoms with E-state index in [1.54, 1.807) is 6.21 Å². The van der Waals surface area contributed by atoms with Crippen molar-refractivity contribution in [3.05, 3.63) is 12.2 Å². The molecular formula is C9H13N3O. The summed E-state index contributed by atoms with van der Waals surface area (Å²) in [5, 5.41) is 3.79. The summed E-state index contributed by atoms with van der Waals surface area (Å²) in [5.74, 6) is 1.85. The third kappa shape index (κ3) is 1.71. The largest absolute Gasteiger partial charge is 0.350 e. The van der Waals surface area contributed by atoms with Gasteiger partial charge in [-0.25, -0.2) is 10.2 Å². The molecule has 2 bridgehead atoms. The number of allylic oxidation sites excluding steroid dienone is 2. The second-order valence-corrected chi connectivity index (χ2v) is 3.70. The Morgan fingerprint density at radius 3 is 2.92 bits per heavy atom. The van der Waals surface area contributed by atoms with Crippen LogP contribution in [0.3, 0.4) is 0 Å². The molecule has 0 aromatic rings. The Hall–Kier alpha value is -1.32. The molecule has 0 aromatic heterocycles. The van der Waals surface area contributed by atoms with Crippen molar-refractivity contribution >= 4 is 12.2 Å². The second kappa shape index (κ2) is 3.20. The average molecular weight is 179 g/mol. The molecule has 1 fully saturated rings. The molecule has 0 unspecified atom stereocenters. The van der Waals surface area contributed by atoms with E-state index in [-0.39, 0.29) is 0 Å². The average Bonchev–Trinajstić information content (AvgIpc) is 2.64. The molecular weight excluding hydrogens is 166 g/mol. The summed E-state index contributed by atoms with van der Waals surface area (Å²) in [7, 11) is 0. The first-order chi connectivity index (χ1) is 6.25. The van der Waals surface area contributed by atoms with Gasteiger partial charge in [0.15, 0.2) is 0 Å². The molecule has 13 heavy (non-hydrogen) atoms. The first-order valence-electron chi connectivity index (χ1n) is 4.52. The molecule has 70 valence electrons. The van der Waals surface area contributed by atoms with Gasteiger partial charge in [-0.15, -0.1) is 0 Å². The van der Waals surface area contributed by atoms with Crippen LogP contribution in [0.15, 0.2) is 17.3 Å². The Morgan fingerprint density at radius 1 is 1.54 bits per heavy atom. The summed E-state index contributed by atoms with van der Waals surface area (Å²) in [5.41, 5.74) is 7.09. The first kappa shape index (κ1) is 8.29. The molecule has 2 aliphatic carbocycles. The van der Waals surface area contributed by atoms with Crippen molar-refractivity contribution in [1.82, 2.24) is 5.43 Å². The van der Waals surface area contributed by atoms with E-state index in [0.29, 0.717) is 11.8 Å². The van der Waals surface area contributed by atoms with E-state index in [0.717, 1.165) is 12.3 Å². The zero-order chi connectivity index (χ0) is 9.26. The van der Waals surface area contributed by atoms with Crippen LogP contribution in [0.25, 0.3) is 0 Å². The number of nitrogens with two attached hydrogens (primary N) is 1. The van der Waals surface area contributed by atoms with Gasteiger partial charge in [0, 0.05) is 12.1 Å². The van der Waals surface area contributed by atoms with Crippen molar-refractivity contribution in [3.63, 3.8) is 0 Å². The summed E-state index contributed by atoms with van der Waals surface area (Å²) >= 11 is 0. The van der Waals surface area contributed by atoms with Gasteiger partial charge in [-0.05, 0) is 24.7 Å². The zero-order valence-electron chi connectivity index (χ0n) is 7.31. The highest BCUT2D eigenvalue weighted by atomic mass is 16.2. The van der Waals surface area contributed by atoms with Gasteiger partial charge in [-0.3, -0.25) is 0 Å². The Labute approximate surface area is 76.9 Å². The lowest BCUT2D eigenvalue weighted by Gasteiger charge is -2.11. The van der Waals surface area contributed by atoms with E-state index >= 15 is 0 Å². The van der Waals surface area contributed by atoms with Gasteiger partial charge in [-0.1, -0.05) is 12.2 Å². The van der Waals surface area contributed by atoms with Gasteiger partial charge >= 0.3 is 6.03 Å². The highest BCUT2D eigenvalue weighted by Gasteiger charge is 2.34. The van der Waals surface area contributed by atoms with E-state index in [2.05, 4.69) is 22.7 Å². The third-order valence-corrected chi connectivity index (χ3v) is 2.77. The van der Waals surface area contributed by atoms with Crippen LogP contribution in [0.5, 0.6) is 0 Å². The van der Waals surface area contributed by atoms with Crippen LogP contribution in [0.2, 0.25) is 0 Å².